The van der Waals surface area contributed by atoms with E-state index in [0.717, 1.165) is 128 Å². The molecule has 0 amide bonds. The highest BCUT2D eigenvalue weighted by Crippen LogP contribution is 2.17. The van der Waals surface area contributed by atoms with E-state index in [2.05, 4.69) is 118 Å². The maximum atomic E-state index is 12.9. The predicted octanol–water partition coefficient (Wildman–Crippen LogP) is 23.6. The molecule has 0 spiro atoms. The minimum Gasteiger partial charge on any atom is -0.462 e. The molecule has 1 atom stereocenters. The van der Waals surface area contributed by atoms with Crippen molar-refractivity contribution in [2.75, 3.05) is 13.2 Å². The zero-order chi connectivity index (χ0) is 57.8. The first-order chi connectivity index (χ1) is 39.5. The van der Waals surface area contributed by atoms with Gasteiger partial charge in [0.05, 0.1) is 0 Å². The Morgan fingerprint density at radius 3 is 0.762 bits per heavy atom. The number of rotatable bonds is 62. The molecule has 0 saturated carbocycles. The van der Waals surface area contributed by atoms with Gasteiger partial charge >= 0.3 is 17.9 Å². The van der Waals surface area contributed by atoms with Crippen LogP contribution in [0.15, 0.2) is 97.2 Å². The molecule has 0 bridgehead atoms. The molecule has 0 aromatic heterocycles. The van der Waals surface area contributed by atoms with Crippen LogP contribution in [0.4, 0.5) is 0 Å². The van der Waals surface area contributed by atoms with Gasteiger partial charge in [0.15, 0.2) is 6.10 Å². The number of hydrogen-bond acceptors (Lipinski definition) is 6. The fraction of sp³-hybridized carbons (Fsp3) is 0.743. The summed E-state index contributed by atoms with van der Waals surface area (Å²) in [4.78, 5) is 38.4. The van der Waals surface area contributed by atoms with Gasteiger partial charge < -0.3 is 14.2 Å². The van der Waals surface area contributed by atoms with Crippen molar-refractivity contribution in [3.63, 3.8) is 0 Å². The van der Waals surface area contributed by atoms with E-state index < -0.39 is 6.10 Å². The molecule has 0 aliphatic rings. The van der Waals surface area contributed by atoms with Crippen LogP contribution in [-0.4, -0.2) is 37.2 Å². The molecule has 0 heterocycles. The molecule has 80 heavy (non-hydrogen) atoms. The zero-order valence-corrected chi connectivity index (χ0v) is 52.8. The van der Waals surface area contributed by atoms with Crippen LogP contribution in [0, 0.1) is 0 Å². The molecule has 0 aliphatic carbocycles. The van der Waals surface area contributed by atoms with E-state index in [9.17, 15) is 14.4 Å². The van der Waals surface area contributed by atoms with Crippen LogP contribution in [0.25, 0.3) is 0 Å². The lowest BCUT2D eigenvalue weighted by molar-refractivity contribution is -0.167. The van der Waals surface area contributed by atoms with Gasteiger partial charge in [0.1, 0.15) is 13.2 Å². The minimum absolute atomic E-state index is 0.0818. The van der Waals surface area contributed by atoms with Gasteiger partial charge in [-0.3, -0.25) is 14.4 Å². The number of unbranched alkanes of at least 4 members (excludes halogenated alkanes) is 35. The standard InChI is InChI=1S/C74H128O6/c1-4-7-10-13-16-19-22-25-28-30-32-34-35-36-37-38-39-40-42-43-46-49-52-55-58-61-64-67-73(76)79-70-71(69-78-72(75)66-63-60-57-54-51-48-45-27-24-21-18-15-12-9-6-3)80-74(77)68-65-62-59-56-53-50-47-44-41-33-31-29-26-23-20-17-14-11-8-5-2/h7,9-10,12,16,18-19,21,25,27-28,32,34,36-37,45,71H,4-6,8,11,13-15,17,20,22-24,26,29-31,33,35,38-44,46-70H2,1-3H3/b10-7-,12-9-,19-16-,21-18-,28-25-,34-32-,37-36-,45-27-. The van der Waals surface area contributed by atoms with Crippen LogP contribution in [0.3, 0.4) is 0 Å². The van der Waals surface area contributed by atoms with Gasteiger partial charge in [-0.25, -0.2) is 0 Å². The van der Waals surface area contributed by atoms with E-state index in [1.807, 2.05) is 0 Å². The van der Waals surface area contributed by atoms with Crippen LogP contribution in [0.5, 0.6) is 0 Å². The molecule has 1 unspecified atom stereocenters. The summed E-state index contributed by atoms with van der Waals surface area (Å²) in [7, 11) is 0. The highest BCUT2D eigenvalue weighted by molar-refractivity contribution is 5.71. The Bertz CT molecular complexity index is 1560. The summed E-state index contributed by atoms with van der Waals surface area (Å²) in [5.74, 6) is -0.885. The first kappa shape index (κ1) is 76.3. The molecule has 0 fully saturated rings. The van der Waals surface area contributed by atoms with Gasteiger partial charge in [0.25, 0.3) is 0 Å². The molecular formula is C74H128O6. The third kappa shape index (κ3) is 65.1. The van der Waals surface area contributed by atoms with E-state index in [1.54, 1.807) is 0 Å². The van der Waals surface area contributed by atoms with E-state index >= 15 is 0 Å². The summed E-state index contributed by atoms with van der Waals surface area (Å²) in [5.41, 5.74) is 0. The third-order valence-electron chi connectivity index (χ3n) is 14.8. The zero-order valence-electron chi connectivity index (χ0n) is 52.8. The summed E-state index contributed by atoms with van der Waals surface area (Å²) >= 11 is 0. The van der Waals surface area contributed by atoms with Crippen molar-refractivity contribution in [3.8, 4) is 0 Å². The maximum absolute atomic E-state index is 12.9. The molecule has 0 aliphatic heterocycles. The average Bonchev–Trinajstić information content (AvgIpc) is 3.46. The Hall–Kier alpha value is -3.67. The first-order valence-electron chi connectivity index (χ1n) is 34.2. The monoisotopic (exact) mass is 1110 g/mol. The second-order valence-corrected chi connectivity index (χ2v) is 22.7. The molecule has 0 saturated heterocycles. The molecular weight excluding hydrogens is 985 g/mol. The Kier molecular flexibility index (Phi) is 64.7. The van der Waals surface area contributed by atoms with Gasteiger partial charge in [-0.2, -0.15) is 0 Å². The average molecular weight is 1110 g/mol. The second-order valence-electron chi connectivity index (χ2n) is 22.7. The van der Waals surface area contributed by atoms with Gasteiger partial charge in [-0.15, -0.1) is 0 Å². The SMILES string of the molecule is CC/C=C\C/C=C\C/C=C\C/C=C\C/C=C\CCCCCCCCCCCCCC(=O)OCC(COC(=O)CCCCCCC/C=C\C/C=C\C/C=C\CC)OC(=O)CCCCCCCCCCCCCCCCCCCCCC. The summed E-state index contributed by atoms with van der Waals surface area (Å²) in [6, 6.07) is 0. The largest absolute Gasteiger partial charge is 0.462 e. The van der Waals surface area contributed by atoms with Crippen LogP contribution in [-0.2, 0) is 28.6 Å². The van der Waals surface area contributed by atoms with Crippen molar-refractivity contribution >= 4 is 17.9 Å². The highest BCUT2D eigenvalue weighted by Gasteiger charge is 2.19. The third-order valence-corrected chi connectivity index (χ3v) is 14.8. The van der Waals surface area contributed by atoms with E-state index in [-0.39, 0.29) is 31.1 Å². The summed E-state index contributed by atoms with van der Waals surface area (Å²) in [5, 5.41) is 0. The number of carbonyl (C=O) groups is 3. The molecule has 0 rings (SSSR count). The fourth-order valence-corrected chi connectivity index (χ4v) is 9.78. The number of carbonyl (C=O) groups excluding carboxylic acids is 3. The Morgan fingerprint density at radius 2 is 0.487 bits per heavy atom. The van der Waals surface area contributed by atoms with E-state index in [1.165, 1.54) is 167 Å². The van der Waals surface area contributed by atoms with E-state index in [0.29, 0.717) is 19.3 Å². The van der Waals surface area contributed by atoms with Crippen molar-refractivity contribution in [1.82, 2.24) is 0 Å². The quantitative estimate of drug-likeness (QED) is 0.0261. The van der Waals surface area contributed by atoms with Crippen molar-refractivity contribution in [1.29, 1.82) is 0 Å². The fourth-order valence-electron chi connectivity index (χ4n) is 9.78. The predicted molar refractivity (Wildman–Crippen MR) is 348 cm³/mol. The van der Waals surface area contributed by atoms with E-state index in [4.69, 9.17) is 14.2 Å². The molecule has 0 aromatic rings. The Balaban J connectivity index is 4.32. The first-order valence-corrected chi connectivity index (χ1v) is 34.2. The van der Waals surface area contributed by atoms with Gasteiger partial charge in [0.2, 0.25) is 0 Å². The summed E-state index contributed by atoms with van der Waals surface area (Å²) in [6.07, 6.45) is 91.4. The molecule has 6 heteroatoms. The van der Waals surface area contributed by atoms with Crippen LogP contribution >= 0.6 is 0 Å². The topological polar surface area (TPSA) is 78.9 Å². The van der Waals surface area contributed by atoms with Gasteiger partial charge in [-0.05, 0) is 96.3 Å². The second kappa shape index (κ2) is 67.8. The summed E-state index contributed by atoms with van der Waals surface area (Å²) < 4.78 is 17.0. The normalized spacial score (nSPS) is 12.7. The molecule has 460 valence electrons. The Labute approximate surface area is 496 Å². The lowest BCUT2D eigenvalue weighted by Gasteiger charge is -2.18. The number of esters is 3. The minimum atomic E-state index is -0.786. The maximum Gasteiger partial charge on any atom is 0.306 e. The number of hydrogen-bond donors (Lipinski definition) is 0. The van der Waals surface area contributed by atoms with Gasteiger partial charge in [-0.1, -0.05) is 317 Å². The van der Waals surface area contributed by atoms with Crippen molar-refractivity contribution in [3.05, 3.63) is 97.2 Å². The lowest BCUT2D eigenvalue weighted by Crippen LogP contribution is -2.30. The lowest BCUT2D eigenvalue weighted by atomic mass is 10.0. The van der Waals surface area contributed by atoms with Crippen molar-refractivity contribution in [2.24, 2.45) is 0 Å². The van der Waals surface area contributed by atoms with Crippen LogP contribution < -0.4 is 0 Å². The highest BCUT2D eigenvalue weighted by atomic mass is 16.6. The number of ether oxygens (including phenoxy) is 3. The summed E-state index contributed by atoms with van der Waals surface area (Å²) in [6.45, 7) is 6.44. The molecule has 0 radical (unpaired) electrons. The van der Waals surface area contributed by atoms with Crippen molar-refractivity contribution < 1.29 is 28.6 Å². The smallest absolute Gasteiger partial charge is 0.306 e. The van der Waals surface area contributed by atoms with Crippen LogP contribution in [0.1, 0.15) is 335 Å². The molecule has 6 nitrogen and oxygen atoms in total. The Morgan fingerprint density at radius 1 is 0.263 bits per heavy atom. The van der Waals surface area contributed by atoms with Crippen molar-refractivity contribution in [2.45, 2.75) is 341 Å². The molecule has 0 aromatic carbocycles. The number of allylic oxidation sites excluding steroid dienone is 16. The molecule has 0 N–H and O–H groups in total. The van der Waals surface area contributed by atoms with Crippen LogP contribution in [0.2, 0.25) is 0 Å². The van der Waals surface area contributed by atoms with Gasteiger partial charge in [0, 0.05) is 19.3 Å².